The molecule has 0 spiro atoms. The van der Waals surface area contributed by atoms with E-state index in [-0.39, 0.29) is 11.3 Å². The minimum Gasteiger partial charge on any atom is -0.308 e. The van der Waals surface area contributed by atoms with E-state index >= 15 is 0 Å². The van der Waals surface area contributed by atoms with Crippen molar-refractivity contribution in [1.82, 2.24) is 5.32 Å². The smallest absolute Gasteiger partial charge is 0.150 e. The minimum atomic E-state index is -0.334. The molecule has 1 N–H and O–H groups in total. The summed E-state index contributed by atoms with van der Waals surface area (Å²) in [6, 6.07) is 0. The SMILES string of the molecule is CN[C@](C)(CSC)C(C)=O. The third-order valence-electron chi connectivity index (χ3n) is 1.76. The van der Waals surface area contributed by atoms with Gasteiger partial charge in [-0.05, 0) is 27.2 Å². The van der Waals surface area contributed by atoms with Crippen LogP contribution in [0.2, 0.25) is 0 Å². The number of thioether (sulfide) groups is 1. The molecule has 0 saturated carbocycles. The molecule has 1 atom stereocenters. The Balaban J connectivity index is 4.08. The highest BCUT2D eigenvalue weighted by Gasteiger charge is 2.26. The Bertz CT molecular complexity index is 127. The molecule has 0 fully saturated rings. The first-order chi connectivity index (χ1) is 4.56. The van der Waals surface area contributed by atoms with E-state index in [1.165, 1.54) is 0 Å². The molecule has 0 aliphatic rings. The summed E-state index contributed by atoms with van der Waals surface area (Å²) in [7, 11) is 1.82. The highest BCUT2D eigenvalue weighted by molar-refractivity contribution is 7.98. The second kappa shape index (κ2) is 3.98. The molecular formula is C7H15NOS. The third-order valence-corrected chi connectivity index (χ3v) is 2.63. The third kappa shape index (κ3) is 2.31. The average molecular weight is 161 g/mol. The molecule has 0 heterocycles. The van der Waals surface area contributed by atoms with Gasteiger partial charge in [0.05, 0.1) is 5.54 Å². The van der Waals surface area contributed by atoms with E-state index in [1.807, 2.05) is 20.2 Å². The van der Waals surface area contributed by atoms with E-state index in [0.29, 0.717) is 0 Å². The summed E-state index contributed by atoms with van der Waals surface area (Å²) in [4.78, 5) is 11.0. The van der Waals surface area contributed by atoms with Gasteiger partial charge in [-0.15, -0.1) is 0 Å². The predicted octanol–water partition coefficient (Wildman–Crippen LogP) is 0.916. The molecule has 0 aromatic rings. The van der Waals surface area contributed by atoms with Gasteiger partial charge in [0, 0.05) is 5.75 Å². The number of Topliss-reactive ketones (excluding diaryl/α,β-unsaturated/α-hetero) is 1. The maximum atomic E-state index is 11.0. The van der Waals surface area contributed by atoms with Gasteiger partial charge in [0.2, 0.25) is 0 Å². The van der Waals surface area contributed by atoms with Crippen LogP contribution in [0.3, 0.4) is 0 Å². The van der Waals surface area contributed by atoms with Gasteiger partial charge in [-0.3, -0.25) is 4.79 Å². The minimum absolute atomic E-state index is 0.198. The molecule has 3 heteroatoms. The van der Waals surface area contributed by atoms with Crippen molar-refractivity contribution in [2.45, 2.75) is 19.4 Å². The van der Waals surface area contributed by atoms with Crippen molar-refractivity contribution >= 4 is 17.5 Å². The first-order valence-electron chi connectivity index (χ1n) is 3.25. The van der Waals surface area contributed by atoms with Crippen molar-refractivity contribution in [3.8, 4) is 0 Å². The molecule has 0 rings (SSSR count). The molecule has 0 amide bonds. The second-order valence-corrected chi connectivity index (χ2v) is 3.44. The molecule has 0 saturated heterocycles. The van der Waals surface area contributed by atoms with Crippen molar-refractivity contribution in [2.24, 2.45) is 0 Å². The Morgan fingerprint density at radius 3 is 2.30 bits per heavy atom. The fourth-order valence-electron chi connectivity index (χ4n) is 0.639. The first kappa shape index (κ1) is 9.98. The zero-order valence-electron chi connectivity index (χ0n) is 7.02. The molecule has 60 valence electrons. The van der Waals surface area contributed by atoms with Gasteiger partial charge in [0.25, 0.3) is 0 Å². The number of hydrogen-bond acceptors (Lipinski definition) is 3. The average Bonchev–Trinajstić information content (AvgIpc) is 1.88. The highest BCUT2D eigenvalue weighted by Crippen LogP contribution is 2.10. The van der Waals surface area contributed by atoms with E-state index < -0.39 is 0 Å². The summed E-state index contributed by atoms with van der Waals surface area (Å²) < 4.78 is 0. The lowest BCUT2D eigenvalue weighted by Crippen LogP contribution is -2.48. The van der Waals surface area contributed by atoms with Crippen molar-refractivity contribution in [3.05, 3.63) is 0 Å². The fraction of sp³-hybridized carbons (Fsp3) is 0.857. The van der Waals surface area contributed by atoms with Crippen LogP contribution in [0.1, 0.15) is 13.8 Å². The summed E-state index contributed by atoms with van der Waals surface area (Å²) in [5.74, 6) is 1.03. The lowest BCUT2D eigenvalue weighted by Gasteiger charge is -2.24. The summed E-state index contributed by atoms with van der Waals surface area (Å²) >= 11 is 1.68. The Hall–Kier alpha value is -0.0200. The van der Waals surface area contributed by atoms with Gasteiger partial charge in [0.15, 0.2) is 0 Å². The van der Waals surface area contributed by atoms with Crippen LogP contribution >= 0.6 is 11.8 Å². The van der Waals surface area contributed by atoms with Crippen LogP contribution in [0.4, 0.5) is 0 Å². The van der Waals surface area contributed by atoms with E-state index in [2.05, 4.69) is 5.32 Å². The van der Waals surface area contributed by atoms with Crippen LogP contribution in [-0.4, -0.2) is 30.4 Å². The van der Waals surface area contributed by atoms with Gasteiger partial charge in [-0.2, -0.15) is 11.8 Å². The Morgan fingerprint density at radius 2 is 2.20 bits per heavy atom. The zero-order chi connectivity index (χ0) is 8.20. The molecular weight excluding hydrogens is 146 g/mol. The molecule has 0 aliphatic heterocycles. The normalized spacial score (nSPS) is 16.4. The lowest BCUT2D eigenvalue weighted by molar-refractivity contribution is -0.121. The molecule has 0 aliphatic carbocycles. The Labute approximate surface area is 66.8 Å². The number of rotatable bonds is 4. The van der Waals surface area contributed by atoms with Crippen LogP contribution in [0.15, 0.2) is 0 Å². The number of carbonyl (C=O) groups excluding carboxylic acids is 1. The van der Waals surface area contributed by atoms with Crippen molar-refractivity contribution in [3.63, 3.8) is 0 Å². The van der Waals surface area contributed by atoms with Crippen molar-refractivity contribution < 1.29 is 4.79 Å². The molecule has 0 aromatic carbocycles. The van der Waals surface area contributed by atoms with Gasteiger partial charge in [-0.1, -0.05) is 0 Å². The topological polar surface area (TPSA) is 29.1 Å². The van der Waals surface area contributed by atoms with Crippen LogP contribution < -0.4 is 5.32 Å². The molecule has 0 radical (unpaired) electrons. The number of carbonyl (C=O) groups is 1. The number of likely N-dealkylation sites (N-methyl/N-ethyl adjacent to an activating group) is 1. The molecule has 0 aromatic heterocycles. The van der Waals surface area contributed by atoms with Gasteiger partial charge in [-0.25, -0.2) is 0 Å². The monoisotopic (exact) mass is 161 g/mol. The fourth-order valence-corrected chi connectivity index (χ4v) is 1.56. The van der Waals surface area contributed by atoms with Crippen LogP contribution in [0.25, 0.3) is 0 Å². The van der Waals surface area contributed by atoms with Crippen LogP contribution in [-0.2, 0) is 4.79 Å². The number of nitrogens with one attached hydrogen (secondary N) is 1. The predicted molar refractivity (Wildman–Crippen MR) is 46.5 cm³/mol. The zero-order valence-corrected chi connectivity index (χ0v) is 7.84. The summed E-state index contributed by atoms with van der Waals surface area (Å²) in [5.41, 5.74) is -0.334. The van der Waals surface area contributed by atoms with Crippen molar-refractivity contribution in [2.75, 3.05) is 19.1 Å². The van der Waals surface area contributed by atoms with E-state index in [1.54, 1.807) is 18.7 Å². The van der Waals surface area contributed by atoms with Gasteiger partial charge >= 0.3 is 0 Å². The van der Waals surface area contributed by atoms with Crippen molar-refractivity contribution in [1.29, 1.82) is 0 Å². The standard InChI is InChI=1S/C7H15NOS/c1-6(9)7(2,8-3)5-10-4/h8H,5H2,1-4H3/t7-/m1/s1. The number of hydrogen-bond donors (Lipinski definition) is 1. The summed E-state index contributed by atoms with van der Waals surface area (Å²) in [5, 5.41) is 3.01. The highest BCUT2D eigenvalue weighted by atomic mass is 32.2. The van der Waals surface area contributed by atoms with E-state index in [4.69, 9.17) is 0 Å². The summed E-state index contributed by atoms with van der Waals surface area (Å²) in [6.45, 7) is 3.54. The van der Waals surface area contributed by atoms with Crippen LogP contribution in [0, 0.1) is 0 Å². The second-order valence-electron chi connectivity index (χ2n) is 2.57. The molecule has 0 bridgehead atoms. The van der Waals surface area contributed by atoms with E-state index in [9.17, 15) is 4.79 Å². The molecule has 0 unspecified atom stereocenters. The van der Waals surface area contributed by atoms with E-state index in [0.717, 1.165) is 5.75 Å². The largest absolute Gasteiger partial charge is 0.308 e. The molecule has 2 nitrogen and oxygen atoms in total. The lowest BCUT2D eigenvalue weighted by atomic mass is 10.0. The Kier molecular flexibility index (Phi) is 3.98. The Morgan fingerprint density at radius 1 is 1.70 bits per heavy atom. The van der Waals surface area contributed by atoms with Gasteiger partial charge in [0.1, 0.15) is 5.78 Å². The first-order valence-corrected chi connectivity index (χ1v) is 4.65. The maximum Gasteiger partial charge on any atom is 0.150 e. The van der Waals surface area contributed by atoms with Crippen LogP contribution in [0.5, 0.6) is 0 Å². The van der Waals surface area contributed by atoms with Gasteiger partial charge < -0.3 is 5.32 Å². The maximum absolute atomic E-state index is 11.0. The summed E-state index contributed by atoms with van der Waals surface area (Å²) in [6.07, 6.45) is 2.00. The molecule has 10 heavy (non-hydrogen) atoms. The number of ketones is 1. The quantitative estimate of drug-likeness (QED) is 0.664.